The summed E-state index contributed by atoms with van der Waals surface area (Å²) in [7, 11) is 0. The van der Waals surface area contributed by atoms with Crippen molar-refractivity contribution in [2.24, 2.45) is 0 Å². The molecule has 0 bridgehead atoms. The Kier molecular flexibility index (Phi) is 5.46. The molecule has 2 aromatic rings. The monoisotopic (exact) mass is 393 g/mol. The summed E-state index contributed by atoms with van der Waals surface area (Å²) in [6.07, 6.45) is 0.880. The van der Waals surface area contributed by atoms with E-state index in [1.807, 2.05) is 42.5 Å². The number of hydrogen-bond acceptors (Lipinski definition) is 4. The van der Waals surface area contributed by atoms with E-state index < -0.39 is 0 Å². The van der Waals surface area contributed by atoms with Gasteiger partial charge in [-0.15, -0.1) is 11.8 Å². The lowest BCUT2D eigenvalue weighted by atomic mass is 10.3. The van der Waals surface area contributed by atoms with E-state index in [9.17, 15) is 4.79 Å². The van der Waals surface area contributed by atoms with E-state index in [4.69, 9.17) is 9.47 Å². The Labute approximate surface area is 147 Å². The van der Waals surface area contributed by atoms with Crippen LogP contribution in [-0.4, -0.2) is 24.9 Å². The molecule has 6 heteroatoms. The maximum absolute atomic E-state index is 12.1. The molecule has 1 heterocycles. The van der Waals surface area contributed by atoms with Crippen molar-refractivity contribution >= 4 is 39.3 Å². The summed E-state index contributed by atoms with van der Waals surface area (Å²) >= 11 is 4.89. The zero-order valence-electron chi connectivity index (χ0n) is 12.4. The minimum Gasteiger partial charge on any atom is -0.490 e. The second-order valence-electron chi connectivity index (χ2n) is 4.98. The number of rotatable bonds is 4. The molecule has 0 aromatic heterocycles. The van der Waals surface area contributed by atoms with Gasteiger partial charge in [-0.25, -0.2) is 0 Å². The number of halogens is 1. The molecule has 4 nitrogen and oxygen atoms in total. The van der Waals surface area contributed by atoms with Crippen molar-refractivity contribution in [2.75, 3.05) is 24.3 Å². The minimum absolute atomic E-state index is 0.0472. The summed E-state index contributed by atoms with van der Waals surface area (Å²) in [5.74, 6) is 1.80. The lowest BCUT2D eigenvalue weighted by molar-refractivity contribution is -0.113. The van der Waals surface area contributed by atoms with Crippen LogP contribution in [0.2, 0.25) is 0 Å². The van der Waals surface area contributed by atoms with Crippen LogP contribution in [0.5, 0.6) is 11.5 Å². The normalized spacial score (nSPS) is 13.3. The third-order valence-corrected chi connectivity index (χ3v) is 4.92. The van der Waals surface area contributed by atoms with Gasteiger partial charge in [0.05, 0.1) is 24.7 Å². The number of carbonyl (C=O) groups excluding carboxylic acids is 1. The molecule has 0 aliphatic carbocycles. The molecule has 3 rings (SSSR count). The molecule has 0 atom stereocenters. The van der Waals surface area contributed by atoms with Crippen LogP contribution < -0.4 is 14.8 Å². The highest BCUT2D eigenvalue weighted by molar-refractivity contribution is 9.10. The first-order valence-electron chi connectivity index (χ1n) is 7.29. The van der Waals surface area contributed by atoms with E-state index >= 15 is 0 Å². The maximum atomic E-state index is 12.1. The van der Waals surface area contributed by atoms with Crippen molar-refractivity contribution in [3.63, 3.8) is 0 Å². The van der Waals surface area contributed by atoms with Crippen LogP contribution in [0.1, 0.15) is 6.42 Å². The molecule has 1 N–H and O–H groups in total. The molecule has 0 fully saturated rings. The Bertz CT molecular complexity index is 708. The topological polar surface area (TPSA) is 47.6 Å². The number of benzene rings is 2. The Morgan fingerprint density at radius 2 is 1.91 bits per heavy atom. The Hall–Kier alpha value is -1.66. The van der Waals surface area contributed by atoms with Gasteiger partial charge in [-0.05, 0) is 46.3 Å². The first-order chi connectivity index (χ1) is 11.2. The first-order valence-corrected chi connectivity index (χ1v) is 9.07. The molecule has 0 spiro atoms. The highest BCUT2D eigenvalue weighted by Gasteiger charge is 2.12. The van der Waals surface area contributed by atoms with Crippen LogP contribution in [0.3, 0.4) is 0 Å². The standard InChI is InChI=1S/C17H16BrNO3S/c18-13-4-1-2-5-14(13)19-17(20)11-23-12-6-7-15-16(10-12)22-9-3-8-21-15/h1-2,4-7,10H,3,8-9,11H2,(H,19,20). The molecule has 0 unspecified atom stereocenters. The SMILES string of the molecule is O=C(CSc1ccc2c(c1)OCCCO2)Nc1ccccc1Br. The Balaban J connectivity index is 1.59. The summed E-state index contributed by atoms with van der Waals surface area (Å²) in [4.78, 5) is 13.1. The van der Waals surface area contributed by atoms with Crippen LogP contribution in [0.4, 0.5) is 5.69 Å². The number of fused-ring (bicyclic) bond motifs is 1. The second kappa shape index (κ2) is 7.75. The number of ether oxygens (including phenoxy) is 2. The van der Waals surface area contributed by atoms with Crippen LogP contribution in [0, 0.1) is 0 Å². The number of amides is 1. The Morgan fingerprint density at radius 3 is 2.74 bits per heavy atom. The predicted molar refractivity (Wildman–Crippen MR) is 95.5 cm³/mol. The molecule has 120 valence electrons. The number of hydrogen-bond donors (Lipinski definition) is 1. The molecule has 0 saturated carbocycles. The van der Waals surface area contributed by atoms with Gasteiger partial charge in [-0.2, -0.15) is 0 Å². The molecule has 2 aromatic carbocycles. The van der Waals surface area contributed by atoms with Crippen molar-refractivity contribution in [1.82, 2.24) is 0 Å². The molecule has 1 aliphatic rings. The van der Waals surface area contributed by atoms with Gasteiger partial charge in [-0.1, -0.05) is 12.1 Å². The van der Waals surface area contributed by atoms with Crippen molar-refractivity contribution in [1.29, 1.82) is 0 Å². The van der Waals surface area contributed by atoms with Gasteiger partial charge >= 0.3 is 0 Å². The summed E-state index contributed by atoms with van der Waals surface area (Å²) in [5, 5.41) is 2.89. The molecular weight excluding hydrogens is 378 g/mol. The zero-order valence-corrected chi connectivity index (χ0v) is 14.8. The molecule has 0 radical (unpaired) electrons. The number of carbonyl (C=O) groups is 1. The fourth-order valence-electron chi connectivity index (χ4n) is 2.13. The van der Waals surface area contributed by atoms with E-state index in [2.05, 4.69) is 21.2 Å². The van der Waals surface area contributed by atoms with E-state index in [-0.39, 0.29) is 5.91 Å². The van der Waals surface area contributed by atoms with E-state index in [0.717, 1.165) is 33.0 Å². The van der Waals surface area contributed by atoms with Crippen LogP contribution in [0.25, 0.3) is 0 Å². The number of nitrogens with one attached hydrogen (secondary N) is 1. The van der Waals surface area contributed by atoms with Gasteiger partial charge in [0.1, 0.15) is 0 Å². The quantitative estimate of drug-likeness (QED) is 0.784. The van der Waals surface area contributed by atoms with Crippen LogP contribution in [-0.2, 0) is 4.79 Å². The first kappa shape index (κ1) is 16.2. The van der Waals surface area contributed by atoms with Gasteiger partial charge in [0, 0.05) is 15.8 Å². The molecule has 0 saturated heterocycles. The molecule has 23 heavy (non-hydrogen) atoms. The van der Waals surface area contributed by atoms with Crippen molar-refractivity contribution in [3.8, 4) is 11.5 Å². The molecular formula is C17H16BrNO3S. The molecule has 1 aliphatic heterocycles. The van der Waals surface area contributed by atoms with Gasteiger partial charge in [0.25, 0.3) is 0 Å². The highest BCUT2D eigenvalue weighted by atomic mass is 79.9. The van der Waals surface area contributed by atoms with Crippen LogP contribution in [0.15, 0.2) is 51.8 Å². The Morgan fingerprint density at radius 1 is 1.13 bits per heavy atom. The number of anilines is 1. The fraction of sp³-hybridized carbons (Fsp3) is 0.235. The average Bonchev–Trinajstić information content (AvgIpc) is 2.80. The van der Waals surface area contributed by atoms with Gasteiger partial charge in [0.15, 0.2) is 11.5 Å². The third-order valence-electron chi connectivity index (χ3n) is 3.24. The lowest BCUT2D eigenvalue weighted by Gasteiger charge is -2.10. The largest absolute Gasteiger partial charge is 0.490 e. The van der Waals surface area contributed by atoms with Crippen LogP contribution >= 0.6 is 27.7 Å². The smallest absolute Gasteiger partial charge is 0.234 e. The van der Waals surface area contributed by atoms with E-state index in [1.54, 1.807) is 0 Å². The molecule has 1 amide bonds. The van der Waals surface area contributed by atoms with Gasteiger partial charge < -0.3 is 14.8 Å². The van der Waals surface area contributed by atoms with E-state index in [1.165, 1.54) is 11.8 Å². The fourth-order valence-corrected chi connectivity index (χ4v) is 3.24. The summed E-state index contributed by atoms with van der Waals surface area (Å²) in [6, 6.07) is 13.3. The summed E-state index contributed by atoms with van der Waals surface area (Å²) in [5.41, 5.74) is 0.775. The summed E-state index contributed by atoms with van der Waals surface area (Å²) < 4.78 is 12.1. The maximum Gasteiger partial charge on any atom is 0.234 e. The van der Waals surface area contributed by atoms with E-state index in [0.29, 0.717) is 19.0 Å². The predicted octanol–water partition coefficient (Wildman–Crippen LogP) is 4.34. The second-order valence-corrected chi connectivity index (χ2v) is 6.88. The lowest BCUT2D eigenvalue weighted by Crippen LogP contribution is -2.14. The minimum atomic E-state index is -0.0472. The van der Waals surface area contributed by atoms with Gasteiger partial charge in [0.2, 0.25) is 5.91 Å². The van der Waals surface area contributed by atoms with Crippen molar-refractivity contribution < 1.29 is 14.3 Å². The third kappa shape index (κ3) is 4.42. The van der Waals surface area contributed by atoms with Gasteiger partial charge in [-0.3, -0.25) is 4.79 Å². The zero-order chi connectivity index (χ0) is 16.1. The van der Waals surface area contributed by atoms with Crippen molar-refractivity contribution in [2.45, 2.75) is 11.3 Å². The van der Waals surface area contributed by atoms with Crippen molar-refractivity contribution in [3.05, 3.63) is 46.9 Å². The average molecular weight is 394 g/mol. The number of thioether (sulfide) groups is 1. The number of para-hydroxylation sites is 1. The highest BCUT2D eigenvalue weighted by Crippen LogP contribution is 2.34. The summed E-state index contributed by atoms with van der Waals surface area (Å²) in [6.45, 7) is 1.33.